The van der Waals surface area contributed by atoms with Gasteiger partial charge >= 0.3 is 0 Å². The smallest absolute Gasteiger partial charge is 0.254 e. The van der Waals surface area contributed by atoms with Gasteiger partial charge in [-0.05, 0) is 43.2 Å². The number of aryl methyl sites for hydroxylation is 1. The van der Waals surface area contributed by atoms with Crippen LogP contribution in [-0.4, -0.2) is 30.4 Å². The minimum Gasteiger partial charge on any atom is -0.338 e. The maximum absolute atomic E-state index is 12.2. The Balaban J connectivity index is 2.07. The Kier molecular flexibility index (Phi) is 3.61. The molecule has 1 aromatic heterocycles. The van der Waals surface area contributed by atoms with E-state index in [9.17, 15) is 4.79 Å². The fourth-order valence-corrected chi connectivity index (χ4v) is 3.01. The van der Waals surface area contributed by atoms with E-state index >= 15 is 0 Å². The molecule has 0 spiro atoms. The molecule has 1 saturated heterocycles. The molecule has 1 fully saturated rings. The third-order valence-corrected chi connectivity index (χ3v) is 4.09. The second-order valence-corrected chi connectivity index (χ2v) is 5.21. The summed E-state index contributed by atoms with van der Waals surface area (Å²) in [5.74, 6) is 0.661. The number of thiophene rings is 1. The summed E-state index contributed by atoms with van der Waals surface area (Å²) in [7, 11) is 0. The third-order valence-electron chi connectivity index (χ3n) is 3.23. The number of likely N-dealkylation sites (tertiary alicyclic amines) is 1. The summed E-state index contributed by atoms with van der Waals surface area (Å²) in [5.41, 5.74) is 7.63. The van der Waals surface area contributed by atoms with Crippen molar-refractivity contribution in [2.75, 3.05) is 19.6 Å². The van der Waals surface area contributed by atoms with Crippen LogP contribution in [0.25, 0.3) is 0 Å². The highest BCUT2D eigenvalue weighted by Crippen LogP contribution is 2.21. The summed E-state index contributed by atoms with van der Waals surface area (Å²) in [4.78, 5) is 14.2. The SMILES string of the molecule is Cc1cscc1C(=O)N1CCCC(CN)C1. The number of rotatable bonds is 2. The number of nitrogens with zero attached hydrogens (tertiary/aromatic N) is 1. The molecule has 1 unspecified atom stereocenters. The van der Waals surface area contributed by atoms with Crippen molar-refractivity contribution in [3.05, 3.63) is 21.9 Å². The van der Waals surface area contributed by atoms with Gasteiger partial charge in [0.05, 0.1) is 5.56 Å². The van der Waals surface area contributed by atoms with Crippen molar-refractivity contribution in [2.45, 2.75) is 19.8 Å². The Morgan fingerprint density at radius 1 is 1.62 bits per heavy atom. The number of piperidine rings is 1. The van der Waals surface area contributed by atoms with Gasteiger partial charge in [0.1, 0.15) is 0 Å². The van der Waals surface area contributed by atoms with Crippen LogP contribution in [0, 0.1) is 12.8 Å². The molecule has 2 heterocycles. The van der Waals surface area contributed by atoms with Crippen molar-refractivity contribution < 1.29 is 4.79 Å². The van der Waals surface area contributed by atoms with Crippen LogP contribution in [0.15, 0.2) is 10.8 Å². The molecule has 0 saturated carbocycles. The van der Waals surface area contributed by atoms with Gasteiger partial charge in [-0.15, -0.1) is 0 Å². The van der Waals surface area contributed by atoms with Gasteiger partial charge in [0.2, 0.25) is 0 Å². The Morgan fingerprint density at radius 3 is 3.06 bits per heavy atom. The Labute approximate surface area is 100 Å². The number of carbonyl (C=O) groups excluding carboxylic acids is 1. The van der Waals surface area contributed by atoms with E-state index in [1.165, 1.54) is 0 Å². The number of nitrogens with two attached hydrogens (primary N) is 1. The molecule has 2 N–H and O–H groups in total. The van der Waals surface area contributed by atoms with Crippen LogP contribution >= 0.6 is 11.3 Å². The normalized spacial score (nSPS) is 21.1. The zero-order valence-corrected chi connectivity index (χ0v) is 10.4. The summed E-state index contributed by atoms with van der Waals surface area (Å²) in [6.45, 7) is 4.38. The fraction of sp³-hybridized carbons (Fsp3) is 0.583. The zero-order chi connectivity index (χ0) is 11.5. The van der Waals surface area contributed by atoms with E-state index in [1.54, 1.807) is 11.3 Å². The summed E-state index contributed by atoms with van der Waals surface area (Å²) in [6, 6.07) is 0. The summed E-state index contributed by atoms with van der Waals surface area (Å²) >= 11 is 1.59. The second-order valence-electron chi connectivity index (χ2n) is 4.46. The first-order valence-electron chi connectivity index (χ1n) is 5.74. The lowest BCUT2D eigenvalue weighted by molar-refractivity contribution is 0.0678. The summed E-state index contributed by atoms with van der Waals surface area (Å²) < 4.78 is 0. The van der Waals surface area contributed by atoms with Gasteiger partial charge in [-0.3, -0.25) is 4.79 Å². The van der Waals surface area contributed by atoms with Crippen molar-refractivity contribution in [3.63, 3.8) is 0 Å². The first-order valence-corrected chi connectivity index (χ1v) is 6.68. The zero-order valence-electron chi connectivity index (χ0n) is 9.61. The minimum absolute atomic E-state index is 0.178. The lowest BCUT2D eigenvalue weighted by Crippen LogP contribution is -2.42. The quantitative estimate of drug-likeness (QED) is 0.855. The average molecular weight is 238 g/mol. The van der Waals surface area contributed by atoms with Crippen LogP contribution < -0.4 is 5.73 Å². The molecular formula is C12H18N2OS. The monoisotopic (exact) mass is 238 g/mol. The average Bonchev–Trinajstić information content (AvgIpc) is 2.74. The van der Waals surface area contributed by atoms with Crippen LogP contribution in [0.4, 0.5) is 0 Å². The van der Waals surface area contributed by atoms with Crippen LogP contribution in [-0.2, 0) is 0 Å². The highest BCUT2D eigenvalue weighted by Gasteiger charge is 2.24. The minimum atomic E-state index is 0.178. The highest BCUT2D eigenvalue weighted by molar-refractivity contribution is 7.08. The Morgan fingerprint density at radius 2 is 2.44 bits per heavy atom. The predicted octanol–water partition coefficient (Wildman–Crippen LogP) is 1.87. The van der Waals surface area contributed by atoms with E-state index in [1.807, 2.05) is 22.6 Å². The van der Waals surface area contributed by atoms with Crippen molar-refractivity contribution in [2.24, 2.45) is 11.7 Å². The molecule has 2 rings (SSSR count). The number of hydrogen-bond acceptors (Lipinski definition) is 3. The van der Waals surface area contributed by atoms with E-state index in [0.717, 1.165) is 37.1 Å². The maximum atomic E-state index is 12.2. The lowest BCUT2D eigenvalue weighted by atomic mass is 9.97. The molecule has 1 aliphatic rings. The number of hydrogen-bond donors (Lipinski definition) is 1. The van der Waals surface area contributed by atoms with Gasteiger partial charge < -0.3 is 10.6 Å². The van der Waals surface area contributed by atoms with Crippen LogP contribution in [0.2, 0.25) is 0 Å². The molecule has 0 aliphatic carbocycles. The molecule has 1 atom stereocenters. The summed E-state index contributed by atoms with van der Waals surface area (Å²) in [5, 5.41) is 3.97. The topological polar surface area (TPSA) is 46.3 Å². The summed E-state index contributed by atoms with van der Waals surface area (Å²) in [6.07, 6.45) is 2.24. The van der Waals surface area contributed by atoms with E-state index < -0.39 is 0 Å². The molecule has 0 radical (unpaired) electrons. The molecule has 1 aromatic rings. The van der Waals surface area contributed by atoms with E-state index in [0.29, 0.717) is 12.5 Å². The molecule has 0 aromatic carbocycles. The van der Waals surface area contributed by atoms with Crippen LogP contribution in [0.1, 0.15) is 28.8 Å². The van der Waals surface area contributed by atoms with Gasteiger partial charge in [0.25, 0.3) is 5.91 Å². The third kappa shape index (κ3) is 2.28. The standard InChI is InChI=1S/C12H18N2OS/c1-9-7-16-8-11(9)12(15)14-4-2-3-10(5-13)6-14/h7-8,10H,2-6,13H2,1H3. The molecule has 1 aliphatic heterocycles. The molecule has 0 bridgehead atoms. The van der Waals surface area contributed by atoms with E-state index in [2.05, 4.69) is 0 Å². The van der Waals surface area contributed by atoms with Gasteiger partial charge in [0.15, 0.2) is 0 Å². The molecule has 3 nitrogen and oxygen atoms in total. The first-order chi connectivity index (χ1) is 7.72. The lowest BCUT2D eigenvalue weighted by Gasteiger charge is -2.32. The van der Waals surface area contributed by atoms with Crippen molar-refractivity contribution in [1.29, 1.82) is 0 Å². The molecule has 16 heavy (non-hydrogen) atoms. The second kappa shape index (κ2) is 4.97. The van der Waals surface area contributed by atoms with Crippen molar-refractivity contribution >= 4 is 17.2 Å². The first kappa shape index (κ1) is 11.6. The number of carbonyl (C=O) groups is 1. The van der Waals surface area contributed by atoms with Gasteiger partial charge in [0, 0.05) is 18.5 Å². The Hall–Kier alpha value is -0.870. The van der Waals surface area contributed by atoms with E-state index in [4.69, 9.17) is 5.73 Å². The van der Waals surface area contributed by atoms with Crippen molar-refractivity contribution in [1.82, 2.24) is 4.90 Å². The van der Waals surface area contributed by atoms with Gasteiger partial charge in [-0.1, -0.05) is 0 Å². The molecule has 4 heteroatoms. The number of amides is 1. The van der Waals surface area contributed by atoms with Gasteiger partial charge in [-0.2, -0.15) is 11.3 Å². The van der Waals surface area contributed by atoms with E-state index in [-0.39, 0.29) is 5.91 Å². The van der Waals surface area contributed by atoms with Crippen LogP contribution in [0.3, 0.4) is 0 Å². The molecule has 1 amide bonds. The van der Waals surface area contributed by atoms with Crippen LogP contribution in [0.5, 0.6) is 0 Å². The fourth-order valence-electron chi connectivity index (χ4n) is 2.19. The maximum Gasteiger partial charge on any atom is 0.254 e. The van der Waals surface area contributed by atoms with Gasteiger partial charge in [-0.25, -0.2) is 0 Å². The molecular weight excluding hydrogens is 220 g/mol. The van der Waals surface area contributed by atoms with Crippen molar-refractivity contribution in [3.8, 4) is 0 Å². The highest BCUT2D eigenvalue weighted by atomic mass is 32.1. The Bertz CT molecular complexity index is 375. The predicted molar refractivity (Wildman–Crippen MR) is 66.7 cm³/mol. The molecule has 88 valence electrons. The largest absolute Gasteiger partial charge is 0.338 e.